The van der Waals surface area contributed by atoms with E-state index in [1.54, 1.807) is 14.2 Å². The number of aryl methyl sites for hydroxylation is 2. The lowest BCUT2D eigenvalue weighted by molar-refractivity contribution is -0.121. The maximum Gasteiger partial charge on any atom is 0.152 e. The predicted molar refractivity (Wildman–Crippen MR) is 129 cm³/mol. The van der Waals surface area contributed by atoms with E-state index >= 15 is 0 Å². The van der Waals surface area contributed by atoms with Crippen molar-refractivity contribution in [3.05, 3.63) is 94.0 Å². The highest BCUT2D eigenvalue weighted by Gasteiger charge is 2.47. The van der Waals surface area contributed by atoms with Crippen LogP contribution in [0.3, 0.4) is 0 Å². The molecule has 0 N–H and O–H groups in total. The topological polar surface area (TPSA) is 35.5 Å². The molecule has 3 heteroatoms. The average molecular weight is 429 g/mol. The lowest BCUT2D eigenvalue weighted by Gasteiger charge is -2.38. The minimum Gasteiger partial charge on any atom is -0.497 e. The van der Waals surface area contributed by atoms with Crippen LogP contribution in [0.25, 0.3) is 0 Å². The highest BCUT2D eigenvalue weighted by molar-refractivity contribution is 5.99. The molecule has 0 radical (unpaired) electrons. The zero-order valence-electron chi connectivity index (χ0n) is 19.7. The Labute approximate surface area is 191 Å². The fraction of sp³-hybridized carbons (Fsp3) is 0.345. The van der Waals surface area contributed by atoms with Gasteiger partial charge in [0.05, 0.1) is 14.2 Å². The van der Waals surface area contributed by atoms with Gasteiger partial charge in [-0.3, -0.25) is 4.79 Å². The van der Waals surface area contributed by atoms with Gasteiger partial charge in [0.25, 0.3) is 0 Å². The maximum atomic E-state index is 14.2. The van der Waals surface area contributed by atoms with Crippen molar-refractivity contribution >= 4 is 5.78 Å². The Morgan fingerprint density at radius 1 is 0.875 bits per heavy atom. The van der Waals surface area contributed by atoms with E-state index in [2.05, 4.69) is 38.1 Å². The van der Waals surface area contributed by atoms with E-state index in [-0.39, 0.29) is 5.78 Å². The fourth-order valence-electron chi connectivity index (χ4n) is 4.97. The molecular weight excluding hydrogens is 396 g/mol. The third kappa shape index (κ3) is 3.60. The van der Waals surface area contributed by atoms with Crippen molar-refractivity contribution in [3.63, 3.8) is 0 Å². The summed E-state index contributed by atoms with van der Waals surface area (Å²) < 4.78 is 11.5. The molecule has 4 rings (SSSR count). The number of methoxy groups -OCH3 is 2. The van der Waals surface area contributed by atoms with Gasteiger partial charge in [-0.15, -0.1) is 0 Å². The monoisotopic (exact) mass is 428 g/mol. The molecular formula is C29H32O3. The Hall–Kier alpha value is -3.07. The van der Waals surface area contributed by atoms with Gasteiger partial charge >= 0.3 is 0 Å². The third-order valence-electron chi connectivity index (χ3n) is 6.81. The van der Waals surface area contributed by atoms with Gasteiger partial charge in [-0.2, -0.15) is 0 Å². The zero-order valence-corrected chi connectivity index (χ0v) is 19.7. The van der Waals surface area contributed by atoms with Crippen LogP contribution in [0.1, 0.15) is 65.5 Å². The van der Waals surface area contributed by atoms with Crippen molar-refractivity contribution < 1.29 is 14.3 Å². The number of carbonyl (C=O) groups is 1. The molecule has 1 unspecified atom stereocenters. The van der Waals surface area contributed by atoms with Crippen molar-refractivity contribution in [1.82, 2.24) is 0 Å². The number of hydrogen-bond acceptors (Lipinski definition) is 3. The number of Topliss-reactive ketones (excluding diaryl/α,β-unsaturated/α-hetero) is 1. The van der Waals surface area contributed by atoms with E-state index in [4.69, 9.17) is 9.47 Å². The molecule has 166 valence electrons. The van der Waals surface area contributed by atoms with Gasteiger partial charge in [-0.05, 0) is 78.6 Å². The maximum absolute atomic E-state index is 14.2. The van der Waals surface area contributed by atoms with E-state index in [1.165, 1.54) is 18.4 Å². The molecule has 1 aliphatic rings. The summed E-state index contributed by atoms with van der Waals surface area (Å²) in [6.45, 7) is 6.10. The van der Waals surface area contributed by atoms with Gasteiger partial charge in [0, 0.05) is 12.0 Å². The second kappa shape index (κ2) is 8.82. The van der Waals surface area contributed by atoms with E-state index in [0.717, 1.165) is 39.3 Å². The number of hydrogen-bond donors (Lipinski definition) is 0. The van der Waals surface area contributed by atoms with Crippen LogP contribution in [-0.4, -0.2) is 20.0 Å². The molecule has 0 aromatic heterocycles. The van der Waals surface area contributed by atoms with Crippen LogP contribution in [0, 0.1) is 13.8 Å². The number of carbonyl (C=O) groups excluding carboxylic acids is 1. The molecule has 0 spiro atoms. The first-order valence-corrected chi connectivity index (χ1v) is 11.4. The molecule has 0 heterocycles. The van der Waals surface area contributed by atoms with Gasteiger partial charge < -0.3 is 9.47 Å². The second-order valence-corrected chi connectivity index (χ2v) is 8.76. The normalized spacial score (nSPS) is 15.2. The van der Waals surface area contributed by atoms with Crippen LogP contribution in [0.4, 0.5) is 0 Å². The van der Waals surface area contributed by atoms with Crippen molar-refractivity contribution in [2.75, 3.05) is 14.2 Å². The molecule has 0 bridgehead atoms. The van der Waals surface area contributed by atoms with E-state index in [1.807, 2.05) is 43.3 Å². The highest BCUT2D eigenvalue weighted by Crippen LogP contribution is 2.50. The molecule has 0 amide bonds. The Morgan fingerprint density at radius 2 is 1.59 bits per heavy atom. The van der Waals surface area contributed by atoms with Gasteiger partial charge in [0.15, 0.2) is 5.78 Å². The number of ketones is 1. The second-order valence-electron chi connectivity index (χ2n) is 8.76. The zero-order chi connectivity index (χ0) is 22.9. The summed E-state index contributed by atoms with van der Waals surface area (Å²) in [4.78, 5) is 14.2. The van der Waals surface area contributed by atoms with Crippen LogP contribution >= 0.6 is 0 Å². The Kier molecular flexibility index (Phi) is 6.10. The first-order chi connectivity index (χ1) is 15.5. The molecule has 1 fully saturated rings. The van der Waals surface area contributed by atoms with Gasteiger partial charge in [0.1, 0.15) is 16.9 Å². The van der Waals surface area contributed by atoms with Crippen LogP contribution in [0.2, 0.25) is 0 Å². The van der Waals surface area contributed by atoms with E-state index < -0.39 is 5.41 Å². The Bertz CT molecular complexity index is 1140. The molecule has 1 aliphatic carbocycles. The van der Waals surface area contributed by atoms with Gasteiger partial charge in [-0.1, -0.05) is 49.4 Å². The Balaban J connectivity index is 2.18. The fourth-order valence-corrected chi connectivity index (χ4v) is 4.97. The lowest BCUT2D eigenvalue weighted by atomic mass is 9.63. The van der Waals surface area contributed by atoms with Crippen LogP contribution in [-0.2, 0) is 10.2 Å². The van der Waals surface area contributed by atoms with Gasteiger partial charge in [-0.25, -0.2) is 0 Å². The van der Waals surface area contributed by atoms with Gasteiger partial charge in [0.2, 0.25) is 0 Å². The first kappa shape index (κ1) is 22.1. The first-order valence-electron chi connectivity index (χ1n) is 11.4. The summed E-state index contributed by atoms with van der Waals surface area (Å²) in [7, 11) is 3.35. The number of rotatable bonds is 8. The van der Waals surface area contributed by atoms with Crippen molar-refractivity contribution in [3.8, 4) is 11.5 Å². The predicted octanol–water partition coefficient (Wildman–Crippen LogP) is 6.51. The largest absolute Gasteiger partial charge is 0.497 e. The molecule has 0 saturated heterocycles. The van der Waals surface area contributed by atoms with E-state index in [9.17, 15) is 4.79 Å². The van der Waals surface area contributed by atoms with Crippen molar-refractivity contribution in [2.24, 2.45) is 0 Å². The van der Waals surface area contributed by atoms with Crippen LogP contribution in [0.5, 0.6) is 11.5 Å². The van der Waals surface area contributed by atoms with Crippen LogP contribution in [0.15, 0.2) is 60.7 Å². The molecule has 1 atom stereocenters. The van der Waals surface area contributed by atoms with E-state index in [0.29, 0.717) is 12.3 Å². The van der Waals surface area contributed by atoms with Crippen molar-refractivity contribution in [1.29, 1.82) is 0 Å². The average Bonchev–Trinajstić information content (AvgIpc) is 3.67. The molecule has 32 heavy (non-hydrogen) atoms. The number of ether oxygens (including phenoxy) is 2. The lowest BCUT2D eigenvalue weighted by Crippen LogP contribution is -2.40. The summed E-state index contributed by atoms with van der Waals surface area (Å²) in [5.41, 5.74) is 5.28. The summed E-state index contributed by atoms with van der Waals surface area (Å²) in [5, 5.41) is 0. The minimum absolute atomic E-state index is 0.148. The quantitative estimate of drug-likeness (QED) is 0.384. The SMILES string of the molecule is CCC(=O)C(c1ccccc1C)(c1cc(OC)ccc1C)c1cc(C2CC2)ccc1OC. The summed E-state index contributed by atoms with van der Waals surface area (Å²) in [6, 6.07) is 20.6. The molecule has 3 aromatic rings. The highest BCUT2D eigenvalue weighted by atomic mass is 16.5. The van der Waals surface area contributed by atoms with Crippen molar-refractivity contribution in [2.45, 2.75) is 51.4 Å². The summed E-state index contributed by atoms with van der Waals surface area (Å²) >= 11 is 0. The smallest absolute Gasteiger partial charge is 0.152 e. The van der Waals surface area contributed by atoms with Crippen LogP contribution < -0.4 is 9.47 Å². The molecule has 3 nitrogen and oxygen atoms in total. The summed E-state index contributed by atoms with van der Waals surface area (Å²) in [5.74, 6) is 2.19. The standard InChI is InChI=1S/C29H32O3/c1-6-28(30)29(24-10-8-7-9-19(24)2,25-18-23(31-4)15-11-20(25)3)26-17-22(21-12-13-21)14-16-27(26)32-5/h7-11,14-18,21H,6,12-13H2,1-5H3. The minimum atomic E-state index is -0.991. The summed E-state index contributed by atoms with van der Waals surface area (Å²) in [6.07, 6.45) is 2.80. The number of benzene rings is 3. The molecule has 1 saturated carbocycles. The molecule has 0 aliphatic heterocycles. The molecule has 3 aromatic carbocycles. The third-order valence-corrected chi connectivity index (χ3v) is 6.81. The Morgan fingerprint density at radius 3 is 2.22 bits per heavy atom.